The maximum absolute atomic E-state index is 12.6. The van der Waals surface area contributed by atoms with Crippen LogP contribution in [0.5, 0.6) is 0 Å². The largest absolute Gasteiger partial charge is 0.481 e. The van der Waals surface area contributed by atoms with Crippen molar-refractivity contribution in [2.24, 2.45) is 11.3 Å². The molecule has 0 aliphatic heterocycles. The Labute approximate surface area is 206 Å². The van der Waals surface area contributed by atoms with Gasteiger partial charge in [0.1, 0.15) is 6.61 Å². The SMILES string of the molecule is CC(C)(CNC(=O)OCC1c2ccccc2-c2ccccc21)CC(=O)N[C@@H]1CC[C@H](CC(=O)O)C1. The predicted octanol–water partition coefficient (Wildman–Crippen LogP) is 4.70. The Bertz CT molecular complexity index is 1050. The van der Waals surface area contributed by atoms with Gasteiger partial charge in [-0.25, -0.2) is 4.79 Å². The third-order valence-corrected chi connectivity index (χ3v) is 7.06. The molecular weight excluding hydrogens is 444 g/mol. The monoisotopic (exact) mass is 478 g/mol. The van der Waals surface area contributed by atoms with Crippen molar-refractivity contribution in [3.63, 3.8) is 0 Å². The zero-order valence-electron chi connectivity index (χ0n) is 20.4. The lowest BCUT2D eigenvalue weighted by Gasteiger charge is -2.25. The highest BCUT2D eigenvalue weighted by Gasteiger charge is 2.31. The molecule has 1 fully saturated rings. The summed E-state index contributed by atoms with van der Waals surface area (Å²) in [5.41, 5.74) is 4.24. The number of fused-ring (bicyclic) bond motifs is 3. The van der Waals surface area contributed by atoms with Gasteiger partial charge in [-0.05, 0) is 52.8 Å². The third-order valence-electron chi connectivity index (χ3n) is 7.06. The van der Waals surface area contributed by atoms with Crippen LogP contribution >= 0.6 is 0 Å². The molecule has 186 valence electrons. The fourth-order valence-corrected chi connectivity index (χ4v) is 5.38. The zero-order chi connectivity index (χ0) is 25.0. The maximum Gasteiger partial charge on any atom is 0.407 e. The van der Waals surface area contributed by atoms with Crippen molar-refractivity contribution in [3.8, 4) is 11.1 Å². The van der Waals surface area contributed by atoms with Crippen molar-refractivity contribution in [2.45, 2.75) is 57.9 Å². The van der Waals surface area contributed by atoms with E-state index in [1.54, 1.807) is 0 Å². The predicted molar refractivity (Wildman–Crippen MR) is 133 cm³/mol. The second kappa shape index (κ2) is 10.5. The van der Waals surface area contributed by atoms with Crippen LogP contribution in [0.15, 0.2) is 48.5 Å². The van der Waals surface area contributed by atoms with Gasteiger partial charge in [-0.2, -0.15) is 0 Å². The Morgan fingerprint density at radius 3 is 2.26 bits per heavy atom. The molecule has 0 bridgehead atoms. The lowest BCUT2D eigenvalue weighted by Crippen LogP contribution is -2.40. The number of carboxylic acid groups (broad SMARTS) is 1. The van der Waals surface area contributed by atoms with Gasteiger partial charge in [0.15, 0.2) is 0 Å². The fourth-order valence-electron chi connectivity index (χ4n) is 5.38. The molecule has 0 radical (unpaired) electrons. The molecule has 2 atom stereocenters. The van der Waals surface area contributed by atoms with Crippen LogP contribution in [-0.2, 0) is 14.3 Å². The molecule has 2 aromatic rings. The molecule has 0 heterocycles. The van der Waals surface area contributed by atoms with Crippen molar-refractivity contribution >= 4 is 18.0 Å². The Balaban J connectivity index is 1.23. The van der Waals surface area contributed by atoms with E-state index < -0.39 is 17.5 Å². The van der Waals surface area contributed by atoms with Crippen LogP contribution in [0.25, 0.3) is 11.1 Å². The highest BCUT2D eigenvalue weighted by Crippen LogP contribution is 2.44. The molecule has 0 unspecified atom stereocenters. The summed E-state index contributed by atoms with van der Waals surface area (Å²) in [5, 5.41) is 14.8. The number of hydrogen-bond acceptors (Lipinski definition) is 4. The highest BCUT2D eigenvalue weighted by atomic mass is 16.5. The van der Waals surface area contributed by atoms with Gasteiger partial charge in [0, 0.05) is 31.3 Å². The molecule has 0 saturated heterocycles. The van der Waals surface area contributed by atoms with Gasteiger partial charge in [-0.3, -0.25) is 9.59 Å². The lowest BCUT2D eigenvalue weighted by molar-refractivity contribution is -0.138. The average molecular weight is 479 g/mol. The van der Waals surface area contributed by atoms with E-state index in [9.17, 15) is 14.4 Å². The molecule has 0 aromatic heterocycles. The van der Waals surface area contributed by atoms with Gasteiger partial charge in [-0.15, -0.1) is 0 Å². The van der Waals surface area contributed by atoms with Crippen molar-refractivity contribution in [2.75, 3.05) is 13.2 Å². The normalized spacial score (nSPS) is 19.0. The second-order valence-electron chi connectivity index (χ2n) is 10.6. The van der Waals surface area contributed by atoms with Gasteiger partial charge < -0.3 is 20.5 Å². The van der Waals surface area contributed by atoms with E-state index >= 15 is 0 Å². The summed E-state index contributed by atoms with van der Waals surface area (Å²) in [6.07, 6.45) is 2.26. The van der Waals surface area contributed by atoms with Crippen LogP contribution < -0.4 is 10.6 Å². The third kappa shape index (κ3) is 6.21. The smallest absolute Gasteiger partial charge is 0.407 e. The first kappa shape index (κ1) is 24.8. The Morgan fingerprint density at radius 1 is 1.00 bits per heavy atom. The first-order valence-corrected chi connectivity index (χ1v) is 12.3. The zero-order valence-corrected chi connectivity index (χ0v) is 20.4. The summed E-state index contributed by atoms with van der Waals surface area (Å²) in [7, 11) is 0. The number of nitrogens with one attached hydrogen (secondary N) is 2. The van der Waals surface area contributed by atoms with E-state index in [1.165, 1.54) is 11.1 Å². The highest BCUT2D eigenvalue weighted by molar-refractivity contribution is 5.79. The Kier molecular flexibility index (Phi) is 7.43. The molecule has 0 spiro atoms. The Morgan fingerprint density at radius 2 is 1.63 bits per heavy atom. The summed E-state index contributed by atoms with van der Waals surface area (Å²) in [5.74, 6) is -0.739. The molecular formula is C28H34N2O5. The number of benzene rings is 2. The van der Waals surface area contributed by atoms with Gasteiger partial charge in [0.2, 0.25) is 5.91 Å². The van der Waals surface area contributed by atoms with Crippen LogP contribution in [0.4, 0.5) is 4.79 Å². The number of amides is 2. The van der Waals surface area contributed by atoms with Crippen molar-refractivity contribution in [3.05, 3.63) is 59.7 Å². The summed E-state index contributed by atoms with van der Waals surface area (Å²) in [4.78, 5) is 35.9. The second-order valence-corrected chi connectivity index (χ2v) is 10.6. The van der Waals surface area contributed by atoms with Crippen molar-refractivity contribution < 1.29 is 24.2 Å². The van der Waals surface area contributed by atoms with E-state index in [2.05, 4.69) is 34.9 Å². The molecule has 3 N–H and O–H groups in total. The number of carbonyl (C=O) groups excluding carboxylic acids is 2. The van der Waals surface area contributed by atoms with Crippen LogP contribution in [0.3, 0.4) is 0 Å². The van der Waals surface area contributed by atoms with Gasteiger partial charge >= 0.3 is 12.1 Å². The molecule has 2 aliphatic rings. The number of hydrogen-bond donors (Lipinski definition) is 3. The standard InChI is InChI=1S/C28H34N2O5/c1-28(2,15-25(31)30-19-12-11-18(13-19)14-26(32)33)17-29-27(34)35-16-24-22-9-5-3-7-20(22)21-8-4-6-10-23(21)24/h3-10,18-19,24H,11-17H2,1-2H3,(H,29,34)(H,30,31)(H,32,33)/t18-,19+/m0/s1. The fraction of sp³-hybridized carbons (Fsp3) is 0.464. The quantitative estimate of drug-likeness (QED) is 0.485. The van der Waals surface area contributed by atoms with Crippen LogP contribution in [0.2, 0.25) is 0 Å². The van der Waals surface area contributed by atoms with Gasteiger partial charge in [-0.1, -0.05) is 62.4 Å². The van der Waals surface area contributed by atoms with E-state index in [1.807, 2.05) is 38.1 Å². The minimum atomic E-state index is -0.789. The molecule has 2 aromatic carbocycles. The van der Waals surface area contributed by atoms with Crippen molar-refractivity contribution in [1.82, 2.24) is 10.6 Å². The van der Waals surface area contributed by atoms with Crippen LogP contribution in [0, 0.1) is 11.3 Å². The minimum absolute atomic E-state index is 0.00306. The summed E-state index contributed by atoms with van der Waals surface area (Å²) in [6.45, 7) is 4.42. The molecule has 2 amide bonds. The summed E-state index contributed by atoms with van der Waals surface area (Å²) < 4.78 is 5.59. The van der Waals surface area contributed by atoms with Crippen LogP contribution in [-0.4, -0.2) is 42.3 Å². The average Bonchev–Trinajstić information content (AvgIpc) is 3.37. The lowest BCUT2D eigenvalue weighted by atomic mass is 9.88. The molecule has 35 heavy (non-hydrogen) atoms. The number of alkyl carbamates (subject to hydrolysis) is 1. The first-order chi connectivity index (χ1) is 16.7. The molecule has 7 nitrogen and oxygen atoms in total. The summed E-state index contributed by atoms with van der Waals surface area (Å²) in [6, 6.07) is 16.4. The maximum atomic E-state index is 12.6. The number of ether oxygens (including phenoxy) is 1. The molecule has 2 aliphatic carbocycles. The van der Waals surface area contributed by atoms with E-state index in [-0.39, 0.29) is 43.2 Å². The number of carbonyl (C=O) groups is 3. The number of carboxylic acids is 1. The van der Waals surface area contributed by atoms with Gasteiger partial charge in [0.05, 0.1) is 0 Å². The molecule has 4 rings (SSSR count). The Hall–Kier alpha value is -3.35. The molecule has 1 saturated carbocycles. The minimum Gasteiger partial charge on any atom is -0.481 e. The van der Waals surface area contributed by atoms with Crippen LogP contribution in [0.1, 0.15) is 63.0 Å². The summed E-state index contributed by atoms with van der Waals surface area (Å²) >= 11 is 0. The first-order valence-electron chi connectivity index (χ1n) is 12.3. The number of rotatable bonds is 9. The van der Waals surface area contributed by atoms with E-state index in [0.717, 1.165) is 24.0 Å². The van der Waals surface area contributed by atoms with E-state index in [4.69, 9.17) is 9.84 Å². The van der Waals surface area contributed by atoms with E-state index in [0.29, 0.717) is 13.0 Å². The molecule has 7 heteroatoms. The van der Waals surface area contributed by atoms with Gasteiger partial charge in [0.25, 0.3) is 0 Å². The van der Waals surface area contributed by atoms with Crippen molar-refractivity contribution in [1.29, 1.82) is 0 Å². The topological polar surface area (TPSA) is 105 Å². The number of aliphatic carboxylic acids is 1.